The molecule has 8 nitrogen and oxygen atoms in total. The number of aromatic nitrogens is 2. The molecule has 0 spiro atoms. The third-order valence-electron chi connectivity index (χ3n) is 5.70. The van der Waals surface area contributed by atoms with Gasteiger partial charge in [0.25, 0.3) is 5.56 Å². The molecule has 4 aromatic rings. The number of rotatable bonds is 3. The Hall–Kier alpha value is -4.17. The second-order valence-electron chi connectivity index (χ2n) is 8.11. The number of anilines is 1. The highest BCUT2D eigenvalue weighted by atomic mass is 16.7. The maximum atomic E-state index is 13.2. The number of nitrogens with zero attached hydrogens (tertiary/aromatic N) is 3. The smallest absolute Gasteiger partial charge is 0.258 e. The minimum Gasteiger partial charge on any atom is -0.508 e. The van der Waals surface area contributed by atoms with E-state index in [2.05, 4.69) is 20.8 Å². The van der Waals surface area contributed by atoms with Crippen molar-refractivity contribution in [1.29, 1.82) is 0 Å². The van der Waals surface area contributed by atoms with E-state index in [1.165, 1.54) is 0 Å². The van der Waals surface area contributed by atoms with Gasteiger partial charge in [-0.2, -0.15) is 0 Å². The van der Waals surface area contributed by atoms with Crippen LogP contribution in [0.2, 0.25) is 0 Å². The van der Waals surface area contributed by atoms with Gasteiger partial charge in [-0.05, 0) is 61.4 Å². The molecule has 0 amide bonds. The first kappa shape index (κ1) is 20.7. The number of hydrogen-bond acceptors (Lipinski definition) is 7. The highest BCUT2D eigenvalue weighted by molar-refractivity contribution is 5.95. The van der Waals surface area contributed by atoms with E-state index in [1.807, 2.05) is 50.2 Å². The molecule has 33 heavy (non-hydrogen) atoms. The molecule has 166 valence electrons. The second kappa shape index (κ2) is 8.07. The predicted molar refractivity (Wildman–Crippen MR) is 128 cm³/mol. The Morgan fingerprint density at radius 3 is 2.76 bits per heavy atom. The molecule has 8 heteroatoms. The van der Waals surface area contributed by atoms with Crippen LogP contribution in [0.1, 0.15) is 23.0 Å². The second-order valence-corrected chi connectivity index (χ2v) is 8.11. The van der Waals surface area contributed by atoms with Crippen LogP contribution in [-0.2, 0) is 11.9 Å². The predicted octanol–water partition coefficient (Wildman–Crippen LogP) is 3.92. The molecule has 3 N–H and O–H groups in total. The van der Waals surface area contributed by atoms with Crippen molar-refractivity contribution >= 4 is 22.5 Å². The molecule has 1 unspecified atom stereocenters. The van der Waals surface area contributed by atoms with Gasteiger partial charge in [-0.3, -0.25) is 9.78 Å². The molecule has 0 saturated heterocycles. The molecule has 0 saturated carbocycles. The van der Waals surface area contributed by atoms with E-state index in [0.717, 1.165) is 39.0 Å². The van der Waals surface area contributed by atoms with Gasteiger partial charge in [0.1, 0.15) is 5.75 Å². The fourth-order valence-corrected chi connectivity index (χ4v) is 3.94. The normalized spacial score (nSPS) is 15.4. The lowest BCUT2D eigenvalue weighted by atomic mass is 9.99. The highest BCUT2D eigenvalue weighted by Crippen LogP contribution is 2.28. The molecule has 0 radical (unpaired) electrons. The summed E-state index contributed by atoms with van der Waals surface area (Å²) in [5, 5.41) is 13.8. The molecule has 2 aromatic heterocycles. The van der Waals surface area contributed by atoms with E-state index >= 15 is 0 Å². The van der Waals surface area contributed by atoms with Crippen LogP contribution in [0.4, 0.5) is 5.69 Å². The minimum atomic E-state index is -0.576. The minimum absolute atomic E-state index is 0.0723. The number of aliphatic imine (C=N–C) groups is 1. The summed E-state index contributed by atoms with van der Waals surface area (Å²) in [7, 11) is 1.78. The van der Waals surface area contributed by atoms with Crippen LogP contribution in [0.3, 0.4) is 0 Å². The Bertz CT molecular complexity index is 1480. The summed E-state index contributed by atoms with van der Waals surface area (Å²) >= 11 is 0. The van der Waals surface area contributed by atoms with Gasteiger partial charge in [0.15, 0.2) is 0 Å². The SMILES string of the molecule is Cc1cc2c(cn1)cc(-c1cc(NC3=NC(c4cccc(O)c4)ON3)ccc1C)c(=O)n2C. The zero-order chi connectivity index (χ0) is 23.1. The highest BCUT2D eigenvalue weighted by Gasteiger charge is 2.21. The zero-order valence-corrected chi connectivity index (χ0v) is 18.5. The Balaban J connectivity index is 1.48. The number of aromatic hydroxyl groups is 1. The maximum Gasteiger partial charge on any atom is 0.258 e. The van der Waals surface area contributed by atoms with Crippen LogP contribution in [0.15, 0.2) is 70.6 Å². The number of hydroxylamine groups is 1. The van der Waals surface area contributed by atoms with Gasteiger partial charge >= 0.3 is 0 Å². The lowest BCUT2D eigenvalue weighted by Crippen LogP contribution is -2.25. The first-order valence-corrected chi connectivity index (χ1v) is 10.5. The summed E-state index contributed by atoms with van der Waals surface area (Å²) in [4.78, 5) is 27.6. The van der Waals surface area contributed by atoms with Crippen LogP contribution in [-0.4, -0.2) is 20.6 Å². The topological polar surface area (TPSA) is 101 Å². The van der Waals surface area contributed by atoms with Crippen molar-refractivity contribution in [3.8, 4) is 16.9 Å². The molecule has 1 aliphatic heterocycles. The van der Waals surface area contributed by atoms with Crippen molar-refractivity contribution in [2.75, 3.05) is 5.32 Å². The van der Waals surface area contributed by atoms with Gasteiger partial charge in [-0.15, -0.1) is 0 Å². The Labute approximate surface area is 190 Å². The molecular weight excluding hydrogens is 418 g/mol. The average Bonchev–Trinajstić information content (AvgIpc) is 3.27. The Morgan fingerprint density at radius 1 is 1.09 bits per heavy atom. The van der Waals surface area contributed by atoms with Crippen LogP contribution in [0, 0.1) is 13.8 Å². The van der Waals surface area contributed by atoms with Gasteiger partial charge < -0.3 is 15.0 Å². The van der Waals surface area contributed by atoms with Crippen LogP contribution < -0.4 is 16.4 Å². The molecule has 1 atom stereocenters. The quantitative estimate of drug-likeness (QED) is 0.446. The van der Waals surface area contributed by atoms with E-state index in [4.69, 9.17) is 4.84 Å². The molecule has 0 bridgehead atoms. The van der Waals surface area contributed by atoms with Crippen LogP contribution >= 0.6 is 0 Å². The summed E-state index contributed by atoms with van der Waals surface area (Å²) in [5.41, 5.74) is 8.32. The summed E-state index contributed by atoms with van der Waals surface area (Å²) in [6.07, 6.45) is 1.22. The summed E-state index contributed by atoms with van der Waals surface area (Å²) in [6, 6.07) is 16.4. The van der Waals surface area contributed by atoms with Crippen molar-refractivity contribution in [3.05, 3.63) is 88.0 Å². The number of benzene rings is 2. The summed E-state index contributed by atoms with van der Waals surface area (Å²) in [6.45, 7) is 3.88. The average molecular weight is 441 g/mol. The van der Waals surface area contributed by atoms with Crippen molar-refractivity contribution < 1.29 is 9.94 Å². The molecule has 2 aromatic carbocycles. The number of aryl methyl sites for hydroxylation is 3. The standard InChI is InChI=1S/C25H23N5O3/c1-14-7-8-18(27-25-28-23(33-29-25)16-5-4-6-19(31)10-16)12-20(14)21-11-17-13-26-15(2)9-22(17)30(3)24(21)32/h4-13,23,31H,1-3H3,(H2,27,28,29). The number of guanidine groups is 1. The lowest BCUT2D eigenvalue weighted by molar-refractivity contribution is 0.0374. The van der Waals surface area contributed by atoms with E-state index in [-0.39, 0.29) is 11.3 Å². The third kappa shape index (κ3) is 3.92. The molecule has 0 fully saturated rings. The van der Waals surface area contributed by atoms with Crippen molar-refractivity contribution in [2.24, 2.45) is 12.0 Å². The van der Waals surface area contributed by atoms with E-state index in [1.54, 1.807) is 36.0 Å². The first-order chi connectivity index (χ1) is 15.9. The van der Waals surface area contributed by atoms with Gasteiger partial charge in [0.05, 0.1) is 5.52 Å². The number of phenolic OH excluding ortho intramolecular Hbond substituents is 1. The van der Waals surface area contributed by atoms with Crippen LogP contribution in [0.25, 0.3) is 22.0 Å². The summed E-state index contributed by atoms with van der Waals surface area (Å²) in [5.74, 6) is 0.586. The Morgan fingerprint density at radius 2 is 1.94 bits per heavy atom. The number of fused-ring (bicyclic) bond motifs is 1. The van der Waals surface area contributed by atoms with E-state index in [9.17, 15) is 9.90 Å². The lowest BCUT2D eigenvalue weighted by Gasteiger charge is -2.13. The fraction of sp³-hybridized carbons (Fsp3) is 0.160. The molecule has 1 aliphatic rings. The summed E-state index contributed by atoms with van der Waals surface area (Å²) < 4.78 is 1.66. The Kier molecular flexibility index (Phi) is 5.07. The van der Waals surface area contributed by atoms with Gasteiger partial charge in [0, 0.05) is 41.1 Å². The van der Waals surface area contributed by atoms with Crippen molar-refractivity contribution in [3.63, 3.8) is 0 Å². The molecule has 3 heterocycles. The third-order valence-corrected chi connectivity index (χ3v) is 5.70. The first-order valence-electron chi connectivity index (χ1n) is 10.5. The van der Waals surface area contributed by atoms with Crippen molar-refractivity contribution in [1.82, 2.24) is 15.0 Å². The molecule has 0 aliphatic carbocycles. The monoisotopic (exact) mass is 441 g/mol. The molecule has 5 rings (SSSR count). The van der Waals surface area contributed by atoms with Gasteiger partial charge in [0.2, 0.25) is 12.2 Å². The van der Waals surface area contributed by atoms with Crippen molar-refractivity contribution in [2.45, 2.75) is 20.1 Å². The van der Waals surface area contributed by atoms with Gasteiger partial charge in [-0.1, -0.05) is 18.2 Å². The largest absolute Gasteiger partial charge is 0.508 e. The number of hydrogen-bond donors (Lipinski definition) is 3. The van der Waals surface area contributed by atoms with Gasteiger partial charge in [-0.25, -0.2) is 15.3 Å². The van der Waals surface area contributed by atoms with E-state index < -0.39 is 6.23 Å². The van der Waals surface area contributed by atoms with E-state index in [0.29, 0.717) is 11.5 Å². The number of nitrogens with one attached hydrogen (secondary N) is 2. The van der Waals surface area contributed by atoms with Crippen LogP contribution in [0.5, 0.6) is 5.75 Å². The maximum absolute atomic E-state index is 13.2. The fourth-order valence-electron chi connectivity index (χ4n) is 3.94. The number of phenols is 1. The molecular formula is C25H23N5O3. The zero-order valence-electron chi connectivity index (χ0n) is 18.5. The number of pyridine rings is 2.